The third-order valence-electron chi connectivity index (χ3n) is 5.65. The van der Waals surface area contributed by atoms with Crippen molar-refractivity contribution in [2.75, 3.05) is 45.8 Å². The molecule has 0 unspecified atom stereocenters. The number of nitrogens with zero attached hydrogens (tertiary/aromatic N) is 3. The van der Waals surface area contributed by atoms with E-state index in [1.54, 1.807) is 0 Å². The molecule has 0 saturated carbocycles. The number of carbonyl (C=O) groups excluding carboxylic acids is 1. The lowest BCUT2D eigenvalue weighted by Crippen LogP contribution is -2.53. The molecule has 4 nitrogen and oxygen atoms in total. The predicted octanol–water partition coefficient (Wildman–Crippen LogP) is 3.08. The predicted molar refractivity (Wildman–Crippen MR) is 101 cm³/mol. The Kier molecular flexibility index (Phi) is 6.35. The van der Waals surface area contributed by atoms with Crippen LogP contribution in [0.15, 0.2) is 0 Å². The number of amides is 1. The fourth-order valence-electron chi connectivity index (χ4n) is 3.74. The van der Waals surface area contributed by atoms with E-state index in [9.17, 15) is 4.79 Å². The summed E-state index contributed by atoms with van der Waals surface area (Å²) in [6.07, 6.45) is 3.28. The molecule has 1 amide bonds. The number of piperidine rings is 1. The molecule has 0 aromatic heterocycles. The Morgan fingerprint density at radius 1 is 0.875 bits per heavy atom. The molecule has 0 radical (unpaired) electrons. The molecular formula is C20H39N3O. The zero-order valence-corrected chi connectivity index (χ0v) is 16.9. The van der Waals surface area contributed by atoms with Gasteiger partial charge in [-0.2, -0.15) is 0 Å². The van der Waals surface area contributed by atoms with Gasteiger partial charge in [-0.3, -0.25) is 14.6 Å². The normalized spacial score (nSPS) is 22.8. The Labute approximate surface area is 149 Å². The van der Waals surface area contributed by atoms with Crippen LogP contribution >= 0.6 is 0 Å². The van der Waals surface area contributed by atoms with Crippen molar-refractivity contribution in [1.82, 2.24) is 14.7 Å². The van der Waals surface area contributed by atoms with Gasteiger partial charge in [-0.15, -0.1) is 0 Å². The molecule has 2 aliphatic rings. The maximum atomic E-state index is 12.8. The summed E-state index contributed by atoms with van der Waals surface area (Å²) >= 11 is 0. The minimum atomic E-state index is 0.229. The first kappa shape index (κ1) is 19.7. The molecule has 2 rings (SSSR count). The van der Waals surface area contributed by atoms with Gasteiger partial charge in [-0.1, -0.05) is 20.8 Å². The van der Waals surface area contributed by atoms with Crippen LogP contribution in [0.1, 0.15) is 60.8 Å². The molecule has 0 N–H and O–H groups in total. The molecule has 24 heavy (non-hydrogen) atoms. The first-order chi connectivity index (χ1) is 11.1. The van der Waals surface area contributed by atoms with Crippen molar-refractivity contribution >= 4 is 5.91 Å². The van der Waals surface area contributed by atoms with Gasteiger partial charge in [0.2, 0.25) is 5.91 Å². The van der Waals surface area contributed by atoms with Crippen LogP contribution in [0.3, 0.4) is 0 Å². The van der Waals surface area contributed by atoms with Gasteiger partial charge in [0.05, 0.1) is 0 Å². The van der Waals surface area contributed by atoms with Crippen LogP contribution < -0.4 is 0 Å². The second kappa shape index (κ2) is 7.74. The topological polar surface area (TPSA) is 26.8 Å². The Hall–Kier alpha value is -0.610. The van der Waals surface area contributed by atoms with Gasteiger partial charge in [0.25, 0.3) is 0 Å². The highest BCUT2D eigenvalue weighted by Gasteiger charge is 2.33. The van der Waals surface area contributed by atoms with Crippen molar-refractivity contribution in [2.45, 2.75) is 66.3 Å². The molecule has 2 heterocycles. The first-order valence-corrected chi connectivity index (χ1v) is 9.82. The summed E-state index contributed by atoms with van der Waals surface area (Å²) in [5, 5.41) is 0. The average molecular weight is 338 g/mol. The average Bonchev–Trinajstić information content (AvgIpc) is 2.51. The number of carbonyl (C=O) groups is 1. The van der Waals surface area contributed by atoms with Crippen LogP contribution in [0.4, 0.5) is 0 Å². The highest BCUT2D eigenvalue weighted by atomic mass is 16.2. The third-order valence-corrected chi connectivity index (χ3v) is 5.65. The maximum Gasteiger partial charge on any atom is 0.225 e. The van der Waals surface area contributed by atoms with E-state index < -0.39 is 0 Å². The van der Waals surface area contributed by atoms with E-state index in [1.807, 2.05) is 0 Å². The first-order valence-electron chi connectivity index (χ1n) is 9.82. The number of piperazine rings is 1. The number of hydrogen-bond donors (Lipinski definition) is 0. The Morgan fingerprint density at radius 2 is 1.42 bits per heavy atom. The van der Waals surface area contributed by atoms with E-state index in [-0.39, 0.29) is 11.5 Å². The van der Waals surface area contributed by atoms with Gasteiger partial charge >= 0.3 is 0 Å². The highest BCUT2D eigenvalue weighted by Crippen LogP contribution is 2.26. The van der Waals surface area contributed by atoms with Crippen LogP contribution in [0, 0.1) is 11.3 Å². The summed E-state index contributed by atoms with van der Waals surface area (Å²) in [4.78, 5) is 20.0. The van der Waals surface area contributed by atoms with Crippen molar-refractivity contribution in [3.8, 4) is 0 Å². The summed E-state index contributed by atoms with van der Waals surface area (Å²) in [6.45, 7) is 20.9. The van der Waals surface area contributed by atoms with Gasteiger partial charge in [0, 0.05) is 37.6 Å². The van der Waals surface area contributed by atoms with E-state index in [1.165, 1.54) is 6.42 Å². The van der Waals surface area contributed by atoms with E-state index in [4.69, 9.17) is 0 Å². The Morgan fingerprint density at radius 3 is 1.88 bits per heavy atom. The van der Waals surface area contributed by atoms with Crippen molar-refractivity contribution in [1.29, 1.82) is 0 Å². The van der Waals surface area contributed by atoms with Crippen LogP contribution in [0.5, 0.6) is 0 Å². The van der Waals surface area contributed by atoms with E-state index >= 15 is 0 Å². The number of likely N-dealkylation sites (tertiary alicyclic amines) is 1. The van der Waals surface area contributed by atoms with Crippen LogP contribution in [-0.2, 0) is 4.79 Å². The lowest BCUT2D eigenvalue weighted by Gasteiger charge is -2.42. The molecule has 4 heteroatoms. The minimum Gasteiger partial charge on any atom is -0.340 e. The molecule has 0 aromatic carbocycles. The molecule has 0 atom stereocenters. The van der Waals surface area contributed by atoms with Crippen molar-refractivity contribution in [3.63, 3.8) is 0 Å². The van der Waals surface area contributed by atoms with Gasteiger partial charge in [-0.25, -0.2) is 0 Å². The Bertz CT molecular complexity index is 406. The summed E-state index contributed by atoms with van der Waals surface area (Å²) in [5.41, 5.74) is 0.626. The summed E-state index contributed by atoms with van der Waals surface area (Å²) in [5.74, 6) is 0.670. The summed E-state index contributed by atoms with van der Waals surface area (Å²) < 4.78 is 0. The molecule has 140 valence electrons. The zero-order chi connectivity index (χ0) is 18.0. The van der Waals surface area contributed by atoms with E-state index in [2.05, 4.69) is 56.2 Å². The molecule has 0 aromatic rings. The SMILES string of the molecule is CC(C)(C)CCN1CCN(C(=O)C2CCN(C(C)(C)C)CC2)CC1. The Balaban J connectivity index is 1.74. The molecule has 0 spiro atoms. The molecular weight excluding hydrogens is 298 g/mol. The fourth-order valence-corrected chi connectivity index (χ4v) is 3.74. The number of rotatable bonds is 3. The fraction of sp³-hybridized carbons (Fsp3) is 0.950. The highest BCUT2D eigenvalue weighted by molar-refractivity contribution is 5.79. The van der Waals surface area contributed by atoms with E-state index in [0.717, 1.165) is 58.7 Å². The molecule has 2 saturated heterocycles. The quantitative estimate of drug-likeness (QED) is 0.792. The standard InChI is InChI=1S/C20H39N3O/c1-19(2,3)9-12-21-13-15-22(16-14-21)18(24)17-7-10-23(11-8-17)20(4,5)6/h17H,7-16H2,1-6H3. The molecule has 2 fully saturated rings. The van der Waals surface area contributed by atoms with Gasteiger partial charge < -0.3 is 4.90 Å². The second-order valence-electron chi connectivity index (χ2n) is 9.91. The monoisotopic (exact) mass is 337 g/mol. The van der Waals surface area contributed by atoms with Crippen molar-refractivity contribution in [2.24, 2.45) is 11.3 Å². The van der Waals surface area contributed by atoms with E-state index in [0.29, 0.717) is 11.3 Å². The lowest BCUT2D eigenvalue weighted by atomic mass is 9.91. The second-order valence-corrected chi connectivity index (χ2v) is 9.91. The van der Waals surface area contributed by atoms with Crippen LogP contribution in [-0.4, -0.2) is 72.0 Å². The minimum absolute atomic E-state index is 0.229. The molecule has 2 aliphatic heterocycles. The van der Waals surface area contributed by atoms with Gasteiger partial charge in [-0.05, 0) is 65.1 Å². The summed E-state index contributed by atoms with van der Waals surface area (Å²) in [6, 6.07) is 0. The maximum absolute atomic E-state index is 12.8. The third kappa shape index (κ3) is 5.73. The largest absolute Gasteiger partial charge is 0.340 e. The zero-order valence-electron chi connectivity index (χ0n) is 16.9. The molecule has 0 aliphatic carbocycles. The van der Waals surface area contributed by atoms with Crippen LogP contribution in [0.2, 0.25) is 0 Å². The molecule has 0 bridgehead atoms. The lowest BCUT2D eigenvalue weighted by molar-refractivity contribution is -0.139. The number of hydrogen-bond acceptors (Lipinski definition) is 3. The van der Waals surface area contributed by atoms with Crippen LogP contribution in [0.25, 0.3) is 0 Å². The van der Waals surface area contributed by atoms with Crippen molar-refractivity contribution < 1.29 is 4.79 Å². The summed E-state index contributed by atoms with van der Waals surface area (Å²) in [7, 11) is 0. The van der Waals surface area contributed by atoms with Gasteiger partial charge in [0.1, 0.15) is 0 Å². The van der Waals surface area contributed by atoms with Crippen molar-refractivity contribution in [3.05, 3.63) is 0 Å². The van der Waals surface area contributed by atoms with Gasteiger partial charge in [0.15, 0.2) is 0 Å². The smallest absolute Gasteiger partial charge is 0.225 e.